The van der Waals surface area contributed by atoms with Gasteiger partial charge in [-0.2, -0.15) is 0 Å². The highest BCUT2D eigenvalue weighted by atomic mass is 31.2. The molecular formula is C96H184N3O21P. The normalized spacial score (nSPS) is 20.0. The van der Waals surface area contributed by atoms with Crippen molar-refractivity contribution in [3.05, 3.63) is 0 Å². The summed E-state index contributed by atoms with van der Waals surface area (Å²) in [5, 5.41) is 51.6. The maximum absolute atomic E-state index is 14.9. The van der Waals surface area contributed by atoms with Gasteiger partial charge < -0.3 is 78.9 Å². The minimum Gasteiger partial charge on any atom is -0.462 e. The van der Waals surface area contributed by atoms with Gasteiger partial charge in [0.15, 0.2) is 18.7 Å². The highest BCUT2D eigenvalue weighted by Gasteiger charge is 2.53. The second-order valence-corrected chi connectivity index (χ2v) is 36.2. The molecule has 2 aliphatic rings. The van der Waals surface area contributed by atoms with Gasteiger partial charge in [-0.3, -0.25) is 33.3 Å². The van der Waals surface area contributed by atoms with E-state index in [1.807, 2.05) is 0 Å². The molecule has 2 rings (SSSR count). The minimum absolute atomic E-state index is 0.123. The number of carbonyl (C=O) groups is 6. The number of nitrogens with zero attached hydrogens (tertiary/aromatic N) is 1. The summed E-state index contributed by atoms with van der Waals surface area (Å²) in [5.74, 6) is -3.86. The molecule has 24 nitrogen and oxygen atoms in total. The largest absolute Gasteiger partial charge is 0.470 e. The smallest absolute Gasteiger partial charge is 0.462 e. The first-order chi connectivity index (χ1) is 58.6. The van der Waals surface area contributed by atoms with Crippen molar-refractivity contribution >= 4 is 43.5 Å². The fourth-order valence-corrected chi connectivity index (χ4v) is 16.9. The SMILES string of the molecule is CCCCCCCCCCCC(=O)O[C@H](CCCCCCCCCCC)CC(=O)NC1C(O)OC(COC2OC(CO)C(OP(=O)(O)O)C(OC(=O)C[C@@H](CCCCCCCCCCC)OC(=O)CCCCCCCCCCC)C2NC(=O)C[C@@H](CCCCCCCCCCC)OC(=O)CCCCCCCCCCC)C(O)C1O.CCN(CC)CC. The molecule has 0 aliphatic carbocycles. The van der Waals surface area contributed by atoms with Gasteiger partial charge in [-0.05, 0) is 77.4 Å². The predicted octanol–water partition coefficient (Wildman–Crippen LogP) is 21.3. The van der Waals surface area contributed by atoms with E-state index in [0.29, 0.717) is 51.4 Å². The fourth-order valence-electron chi connectivity index (χ4n) is 16.3. The Labute approximate surface area is 735 Å². The Bertz CT molecular complexity index is 2510. The molecule has 2 saturated heterocycles. The van der Waals surface area contributed by atoms with Crippen LogP contribution in [-0.2, 0) is 71.0 Å². The summed E-state index contributed by atoms with van der Waals surface area (Å²) in [5.41, 5.74) is 0. The van der Waals surface area contributed by atoms with Gasteiger partial charge in [0.25, 0.3) is 0 Å². The van der Waals surface area contributed by atoms with Gasteiger partial charge in [-0.15, -0.1) is 0 Å². The fraction of sp³-hybridized carbons (Fsp3) is 0.938. The van der Waals surface area contributed by atoms with Crippen molar-refractivity contribution in [2.75, 3.05) is 32.8 Å². The van der Waals surface area contributed by atoms with Crippen LogP contribution in [-0.4, -0.2) is 183 Å². The van der Waals surface area contributed by atoms with Crippen molar-refractivity contribution in [3.8, 4) is 0 Å². The second-order valence-electron chi connectivity index (χ2n) is 35.0. The van der Waals surface area contributed by atoms with E-state index in [1.165, 1.54) is 148 Å². The van der Waals surface area contributed by atoms with Gasteiger partial charge in [0, 0.05) is 19.3 Å². The number of hydrogen-bond acceptors (Lipinski definition) is 20. The summed E-state index contributed by atoms with van der Waals surface area (Å²) >= 11 is 0. The Balaban J connectivity index is 0.00000997. The molecule has 0 aromatic carbocycles. The molecular weight excluding hydrogens is 1560 g/mol. The number of nitrogens with one attached hydrogen (secondary N) is 2. The van der Waals surface area contributed by atoms with Crippen LogP contribution < -0.4 is 10.6 Å². The van der Waals surface area contributed by atoms with E-state index in [0.717, 1.165) is 180 Å². The number of phosphoric ester groups is 1. The topological polar surface area (TPSA) is 342 Å². The molecule has 25 heteroatoms. The van der Waals surface area contributed by atoms with Crippen molar-refractivity contribution < 1.29 is 101 Å². The maximum Gasteiger partial charge on any atom is 0.470 e. The third kappa shape index (κ3) is 62.5. The van der Waals surface area contributed by atoms with E-state index in [2.05, 4.69) is 77.8 Å². The zero-order chi connectivity index (χ0) is 89.2. The van der Waals surface area contributed by atoms with Gasteiger partial charge in [0.1, 0.15) is 60.9 Å². The molecule has 2 fully saturated rings. The van der Waals surface area contributed by atoms with Crippen molar-refractivity contribution in [1.82, 2.24) is 15.5 Å². The van der Waals surface area contributed by atoms with Gasteiger partial charge in [0.2, 0.25) is 11.8 Å². The lowest BCUT2D eigenvalue weighted by molar-refractivity contribution is -0.297. The molecule has 0 aromatic heterocycles. The van der Waals surface area contributed by atoms with Gasteiger partial charge in [0.05, 0.1) is 32.5 Å². The lowest BCUT2D eigenvalue weighted by atomic mass is 9.95. The number of aliphatic hydroxyl groups excluding tert-OH is 4. The van der Waals surface area contributed by atoms with Crippen LogP contribution in [0.5, 0.6) is 0 Å². The molecule has 0 bridgehead atoms. The third-order valence-electron chi connectivity index (χ3n) is 24.0. The average molecular weight is 1750 g/mol. The van der Waals surface area contributed by atoms with E-state index < -0.39 is 149 Å². The highest BCUT2D eigenvalue weighted by molar-refractivity contribution is 7.46. The van der Waals surface area contributed by atoms with E-state index in [-0.39, 0.29) is 32.1 Å². The molecule has 0 spiro atoms. The highest BCUT2D eigenvalue weighted by Crippen LogP contribution is 2.43. The molecule has 0 radical (unpaired) electrons. The predicted molar refractivity (Wildman–Crippen MR) is 483 cm³/mol. The Morgan fingerprint density at radius 2 is 0.645 bits per heavy atom. The summed E-state index contributed by atoms with van der Waals surface area (Å²) in [6.07, 6.45) is 38.8. The first kappa shape index (κ1) is 116. The number of ether oxygens (including phenoxy) is 7. The van der Waals surface area contributed by atoms with Crippen molar-refractivity contribution in [3.63, 3.8) is 0 Å². The van der Waals surface area contributed by atoms with E-state index in [1.54, 1.807) is 0 Å². The van der Waals surface area contributed by atoms with E-state index in [4.69, 9.17) is 37.7 Å². The lowest BCUT2D eigenvalue weighted by Crippen LogP contribution is -2.67. The number of aliphatic hydroxyl groups is 4. The Hall–Kier alpha value is -3.39. The number of rotatable bonds is 81. The molecule has 0 aromatic rings. The monoisotopic (exact) mass is 1750 g/mol. The molecule has 714 valence electrons. The first-order valence-corrected chi connectivity index (χ1v) is 51.5. The molecule has 121 heavy (non-hydrogen) atoms. The third-order valence-corrected chi connectivity index (χ3v) is 24.5. The lowest BCUT2D eigenvalue weighted by Gasteiger charge is -2.46. The molecule has 10 unspecified atom stereocenters. The van der Waals surface area contributed by atoms with Crippen LogP contribution >= 0.6 is 7.82 Å². The molecule has 0 saturated carbocycles. The molecule has 8 N–H and O–H groups in total. The molecule has 2 heterocycles. The number of phosphoric acid groups is 1. The van der Waals surface area contributed by atoms with Crippen LogP contribution in [0.15, 0.2) is 0 Å². The first-order valence-electron chi connectivity index (χ1n) is 50.0. The second kappa shape index (κ2) is 78.8. The molecule has 2 aliphatic heterocycles. The zero-order valence-corrected chi connectivity index (χ0v) is 79.2. The summed E-state index contributed by atoms with van der Waals surface area (Å²) in [6, 6.07) is -3.37. The van der Waals surface area contributed by atoms with E-state index in [9.17, 15) is 63.5 Å². The van der Waals surface area contributed by atoms with E-state index >= 15 is 0 Å². The van der Waals surface area contributed by atoms with Crippen LogP contribution in [0.2, 0.25) is 0 Å². The maximum atomic E-state index is 14.9. The minimum atomic E-state index is -5.58. The standard InChI is InChI=1S/C90H169N2O21P.C6H15N/c1-7-13-19-25-31-37-43-49-55-61-72(107-79(96)64-58-52-46-40-34-28-22-16-10-4)67-77(94)91-83-86(101)85(100)76(110-89(83)102)71-106-90-84(92-78(95)68-73(62-56-50-44-38-32-26-20-14-8-2)108-80(97)65-59-53-47-41-35-29-23-17-11-5)88(87(75(70-93)111-90)113-114(103,104)105)112-82(99)69-74(63-57-51-45-39-33-27-21-15-9-3)109-81(98)66-60-54-48-42-36-30-24-18-12-6;1-4-7(5-2)6-3/h72-76,83-90,93,100-102H,7-71H2,1-6H3,(H,91,94)(H,92,95)(H2,103,104,105);4-6H2,1-3H3/t72-,73-,74-,75?,76?,83?,84?,85?,86?,87?,88?,89?,90?;/m1./s1. The van der Waals surface area contributed by atoms with Gasteiger partial charge >= 0.3 is 31.7 Å². The summed E-state index contributed by atoms with van der Waals surface area (Å²) < 4.78 is 61.2. The van der Waals surface area contributed by atoms with Crippen LogP contribution in [0.4, 0.5) is 0 Å². The van der Waals surface area contributed by atoms with Gasteiger partial charge in [-0.1, -0.05) is 371 Å². The zero-order valence-electron chi connectivity index (χ0n) is 78.3. The number of hydrogen-bond donors (Lipinski definition) is 8. The quantitative estimate of drug-likeness (QED) is 0.0121. The average Bonchev–Trinajstić information content (AvgIpc) is 0.791. The van der Waals surface area contributed by atoms with Crippen LogP contribution in [0, 0.1) is 0 Å². The number of esters is 4. The van der Waals surface area contributed by atoms with Gasteiger partial charge in [-0.25, -0.2) is 4.57 Å². The summed E-state index contributed by atoms with van der Waals surface area (Å²) in [7, 11) is -5.58. The Kier molecular flexibility index (Phi) is 75.3. The Morgan fingerprint density at radius 1 is 0.355 bits per heavy atom. The van der Waals surface area contributed by atoms with Crippen molar-refractivity contribution in [2.45, 2.75) is 546 Å². The number of amides is 2. The van der Waals surface area contributed by atoms with Crippen LogP contribution in [0.3, 0.4) is 0 Å². The van der Waals surface area contributed by atoms with Crippen LogP contribution in [0.1, 0.15) is 467 Å². The number of unbranched alkanes of at least 4 members (excludes halogenated alkanes) is 48. The number of carbonyl (C=O) groups excluding carboxylic acids is 6. The summed E-state index contributed by atoms with van der Waals surface area (Å²) in [4.78, 5) is 108. The molecule has 13 atom stereocenters. The van der Waals surface area contributed by atoms with Crippen molar-refractivity contribution in [2.24, 2.45) is 0 Å². The van der Waals surface area contributed by atoms with Crippen molar-refractivity contribution in [1.29, 1.82) is 0 Å². The Morgan fingerprint density at radius 3 is 0.934 bits per heavy atom. The van der Waals surface area contributed by atoms with Crippen LogP contribution in [0.25, 0.3) is 0 Å². The molecule has 2 amide bonds. The summed E-state index contributed by atoms with van der Waals surface area (Å²) in [6.45, 7) is 21.4.